The van der Waals surface area contributed by atoms with Crippen LogP contribution in [0.2, 0.25) is 5.02 Å². The summed E-state index contributed by atoms with van der Waals surface area (Å²) >= 11 is 5.98. The molecule has 6 nitrogen and oxygen atoms in total. The molecule has 7 heteroatoms. The van der Waals surface area contributed by atoms with Crippen molar-refractivity contribution in [3.63, 3.8) is 0 Å². The Balaban J connectivity index is 1.30. The summed E-state index contributed by atoms with van der Waals surface area (Å²) in [5, 5.41) is 2.30. The largest absolute Gasteiger partial charge is 0.346 e. The molecule has 5 rings (SSSR count). The quantitative estimate of drug-likeness (QED) is 0.554. The van der Waals surface area contributed by atoms with Gasteiger partial charge in [0.05, 0.1) is 17.4 Å². The summed E-state index contributed by atoms with van der Waals surface area (Å²) in [5.41, 5.74) is 2.86. The molecule has 0 saturated carbocycles. The van der Waals surface area contributed by atoms with Gasteiger partial charge in [-0.1, -0.05) is 11.6 Å². The molecule has 0 unspecified atom stereocenters. The number of piperidine rings is 1. The second-order valence-corrected chi connectivity index (χ2v) is 7.80. The van der Waals surface area contributed by atoms with Gasteiger partial charge in [0.15, 0.2) is 0 Å². The molecule has 3 aromatic heterocycles. The number of aromatic amines is 2. The van der Waals surface area contributed by atoms with E-state index in [9.17, 15) is 4.79 Å². The van der Waals surface area contributed by atoms with E-state index >= 15 is 0 Å². The molecule has 2 N–H and O–H groups in total. The number of nitrogens with one attached hydrogen (secondary N) is 2. The van der Waals surface area contributed by atoms with E-state index in [0.29, 0.717) is 34.2 Å². The Morgan fingerprint density at radius 3 is 2.89 bits per heavy atom. The predicted molar refractivity (Wildman–Crippen MR) is 111 cm³/mol. The molecule has 0 amide bonds. The van der Waals surface area contributed by atoms with E-state index in [2.05, 4.69) is 37.1 Å². The van der Waals surface area contributed by atoms with Crippen molar-refractivity contribution in [2.24, 2.45) is 0 Å². The maximum atomic E-state index is 12.3. The number of H-pyrrole nitrogens is 2. The molecule has 1 aliphatic heterocycles. The smallest absolute Gasteiger partial charge is 0.258 e. The Kier molecular flexibility index (Phi) is 4.37. The second-order valence-electron chi connectivity index (χ2n) is 7.37. The van der Waals surface area contributed by atoms with Gasteiger partial charge in [-0.15, -0.1) is 0 Å². The molecule has 1 aliphatic rings. The highest BCUT2D eigenvalue weighted by Crippen LogP contribution is 2.32. The highest BCUT2D eigenvalue weighted by Gasteiger charge is 2.23. The maximum absolute atomic E-state index is 12.3. The van der Waals surface area contributed by atoms with Gasteiger partial charge in [0.25, 0.3) is 5.56 Å². The summed E-state index contributed by atoms with van der Waals surface area (Å²) in [6.45, 7) is 2.59. The van der Waals surface area contributed by atoms with Crippen molar-refractivity contribution in [2.75, 3.05) is 13.1 Å². The maximum Gasteiger partial charge on any atom is 0.258 e. The lowest BCUT2D eigenvalue weighted by molar-refractivity contribution is 0.200. The highest BCUT2D eigenvalue weighted by atomic mass is 35.5. The fraction of sp³-hybridized carbons (Fsp3) is 0.286. The van der Waals surface area contributed by atoms with Gasteiger partial charge in [-0.25, -0.2) is 9.97 Å². The number of nitrogens with zero attached hydrogens (tertiary/aromatic N) is 3. The zero-order valence-electron chi connectivity index (χ0n) is 15.3. The van der Waals surface area contributed by atoms with Gasteiger partial charge < -0.3 is 9.97 Å². The van der Waals surface area contributed by atoms with Crippen LogP contribution >= 0.6 is 11.6 Å². The van der Waals surface area contributed by atoms with Crippen molar-refractivity contribution in [3.8, 4) is 0 Å². The minimum atomic E-state index is -0.135. The van der Waals surface area contributed by atoms with Gasteiger partial charge in [0, 0.05) is 22.8 Å². The van der Waals surface area contributed by atoms with Gasteiger partial charge in [-0.3, -0.25) is 9.69 Å². The lowest BCUT2D eigenvalue weighted by atomic mass is 9.89. The molecule has 1 fully saturated rings. The van der Waals surface area contributed by atoms with Crippen LogP contribution in [0.3, 0.4) is 0 Å². The predicted octanol–water partition coefficient (Wildman–Crippen LogP) is 3.83. The summed E-state index contributed by atoms with van der Waals surface area (Å²) in [5.74, 6) is 1.23. The molecule has 0 aliphatic carbocycles. The molecule has 0 bridgehead atoms. The summed E-state index contributed by atoms with van der Waals surface area (Å²) in [6.07, 6.45) is 6.08. The number of halogens is 1. The lowest BCUT2D eigenvalue weighted by Crippen LogP contribution is -2.33. The van der Waals surface area contributed by atoms with Gasteiger partial charge in [-0.2, -0.15) is 0 Å². The number of aromatic nitrogens is 4. The first-order valence-electron chi connectivity index (χ1n) is 9.50. The molecule has 0 radical (unpaired) electrons. The number of pyridine rings is 1. The van der Waals surface area contributed by atoms with Gasteiger partial charge in [-0.05, 0) is 67.7 Å². The van der Waals surface area contributed by atoms with Crippen molar-refractivity contribution >= 4 is 33.5 Å². The molecule has 4 aromatic rings. The van der Waals surface area contributed by atoms with Gasteiger partial charge >= 0.3 is 0 Å². The molecule has 1 aromatic carbocycles. The zero-order valence-corrected chi connectivity index (χ0v) is 16.0. The summed E-state index contributed by atoms with van der Waals surface area (Å²) in [7, 11) is 0. The molecule has 0 atom stereocenters. The van der Waals surface area contributed by atoms with Crippen LogP contribution in [0.5, 0.6) is 0 Å². The lowest BCUT2D eigenvalue weighted by Gasteiger charge is -2.31. The van der Waals surface area contributed by atoms with E-state index in [4.69, 9.17) is 11.6 Å². The minimum Gasteiger partial charge on any atom is -0.346 e. The van der Waals surface area contributed by atoms with Crippen molar-refractivity contribution in [2.45, 2.75) is 25.3 Å². The van der Waals surface area contributed by atoms with E-state index in [1.165, 1.54) is 10.9 Å². The average Bonchev–Trinajstić information content (AvgIpc) is 3.13. The topological polar surface area (TPSA) is 77.7 Å². The Morgan fingerprint density at radius 1 is 1.18 bits per heavy atom. The summed E-state index contributed by atoms with van der Waals surface area (Å²) in [4.78, 5) is 29.9. The number of hydrogen-bond acceptors (Lipinski definition) is 4. The molecule has 1 saturated heterocycles. The fourth-order valence-electron chi connectivity index (χ4n) is 4.16. The van der Waals surface area contributed by atoms with Crippen molar-refractivity contribution in [1.29, 1.82) is 0 Å². The molecule has 0 spiro atoms. The monoisotopic (exact) mass is 393 g/mol. The zero-order chi connectivity index (χ0) is 19.1. The summed E-state index contributed by atoms with van der Waals surface area (Å²) < 4.78 is 0. The van der Waals surface area contributed by atoms with Crippen LogP contribution in [0.25, 0.3) is 21.9 Å². The van der Waals surface area contributed by atoms with Crippen molar-refractivity contribution < 1.29 is 0 Å². The SMILES string of the molecule is O=c1[nH]c(CN2CCC(c3c[nH]c4ncccc34)CC2)nc2ccc(Cl)cc12. The van der Waals surface area contributed by atoms with Crippen LogP contribution in [-0.4, -0.2) is 37.9 Å². The van der Waals surface area contributed by atoms with E-state index < -0.39 is 0 Å². The van der Waals surface area contributed by atoms with Crippen molar-refractivity contribution in [1.82, 2.24) is 24.8 Å². The van der Waals surface area contributed by atoms with E-state index in [1.807, 2.05) is 12.3 Å². The first-order chi connectivity index (χ1) is 13.7. The van der Waals surface area contributed by atoms with Crippen LogP contribution in [0, 0.1) is 0 Å². The third-order valence-electron chi connectivity index (χ3n) is 5.60. The number of likely N-dealkylation sites (tertiary alicyclic amines) is 1. The van der Waals surface area contributed by atoms with Crippen LogP contribution in [0.15, 0.2) is 47.5 Å². The van der Waals surface area contributed by atoms with Crippen molar-refractivity contribution in [3.05, 3.63) is 69.5 Å². The number of rotatable bonds is 3. The number of benzene rings is 1. The van der Waals surface area contributed by atoms with Gasteiger partial charge in [0.2, 0.25) is 0 Å². The molecular formula is C21H20ClN5O. The van der Waals surface area contributed by atoms with Crippen LogP contribution in [-0.2, 0) is 6.54 Å². The standard InChI is InChI=1S/C21H20ClN5O/c22-14-3-4-18-16(10-14)21(28)26-19(25-18)12-27-8-5-13(6-9-27)17-11-24-20-15(17)2-1-7-23-20/h1-4,7,10-11,13H,5-6,8-9,12H2,(H,23,24)(H,25,26,28). The third kappa shape index (κ3) is 3.19. The Morgan fingerprint density at radius 2 is 2.04 bits per heavy atom. The third-order valence-corrected chi connectivity index (χ3v) is 5.84. The van der Waals surface area contributed by atoms with E-state index in [1.54, 1.807) is 18.2 Å². The first-order valence-corrected chi connectivity index (χ1v) is 9.88. The fourth-order valence-corrected chi connectivity index (χ4v) is 4.34. The molecule has 28 heavy (non-hydrogen) atoms. The van der Waals surface area contributed by atoms with Crippen LogP contribution in [0.1, 0.15) is 30.1 Å². The minimum absolute atomic E-state index is 0.135. The first kappa shape index (κ1) is 17.4. The van der Waals surface area contributed by atoms with Gasteiger partial charge in [0.1, 0.15) is 11.5 Å². The number of hydrogen-bond donors (Lipinski definition) is 2. The van der Waals surface area contributed by atoms with Crippen LogP contribution < -0.4 is 5.56 Å². The Labute approximate surface area is 166 Å². The average molecular weight is 394 g/mol. The van der Waals surface area contributed by atoms with E-state index in [-0.39, 0.29) is 5.56 Å². The highest BCUT2D eigenvalue weighted by molar-refractivity contribution is 6.31. The summed E-state index contributed by atoms with van der Waals surface area (Å²) in [6, 6.07) is 9.35. The normalized spacial score (nSPS) is 16.2. The molecule has 4 heterocycles. The molecular weight excluding hydrogens is 374 g/mol. The van der Waals surface area contributed by atoms with Crippen LogP contribution in [0.4, 0.5) is 0 Å². The Bertz CT molecular complexity index is 1210. The molecule has 142 valence electrons. The number of fused-ring (bicyclic) bond motifs is 2. The Hall–Kier alpha value is -2.70. The van der Waals surface area contributed by atoms with E-state index in [0.717, 1.165) is 31.6 Å². The second kappa shape index (κ2) is 7.04.